The van der Waals surface area contributed by atoms with Gasteiger partial charge >= 0.3 is 0 Å². The molecule has 0 aromatic rings. The number of alkyl halides is 1. The molecule has 0 rings (SSSR count). The van der Waals surface area contributed by atoms with Crippen molar-refractivity contribution < 1.29 is 9.13 Å². The van der Waals surface area contributed by atoms with Gasteiger partial charge < -0.3 is 4.74 Å². The Balaban J connectivity index is 4.03. The van der Waals surface area contributed by atoms with Crippen molar-refractivity contribution in [3.05, 3.63) is 24.4 Å². The third kappa shape index (κ3) is 7.74. The van der Waals surface area contributed by atoms with Gasteiger partial charge in [0.25, 0.3) is 0 Å². The van der Waals surface area contributed by atoms with Crippen molar-refractivity contribution in [2.75, 3.05) is 6.67 Å². The summed E-state index contributed by atoms with van der Waals surface area (Å²) in [6.07, 6.45) is 5.88. The number of aliphatic imine (C=N–C) groups is 1. The van der Waals surface area contributed by atoms with Crippen molar-refractivity contribution in [3.8, 4) is 6.07 Å². The number of hydrogen-bond donors (Lipinski definition) is 0. The Morgan fingerprint density at radius 3 is 3.00 bits per heavy atom. The van der Waals surface area contributed by atoms with Crippen LogP contribution in [0, 0.1) is 11.3 Å². The van der Waals surface area contributed by atoms with Gasteiger partial charge in [0.05, 0.1) is 12.7 Å². The summed E-state index contributed by atoms with van der Waals surface area (Å²) in [5.74, 6) is 0. The maximum Gasteiger partial charge on any atom is 0.174 e. The SMILES string of the molecule is C=C(C#N)CC(CCF)O/C=N/C=C\CC. The number of hydrogen-bond acceptors (Lipinski definition) is 3. The standard InChI is InChI=1S/C12H17FN2O/c1-3-4-7-15-10-16-12(5-6-13)8-11(2)9-14/h4,7,10,12H,2-3,5-6,8H2,1H3/b7-4-,15-10+. The van der Waals surface area contributed by atoms with Gasteiger partial charge in [-0.25, -0.2) is 4.99 Å². The highest BCUT2D eigenvalue weighted by atomic mass is 19.1. The maximum absolute atomic E-state index is 12.2. The van der Waals surface area contributed by atoms with Gasteiger partial charge in [0.1, 0.15) is 6.10 Å². The van der Waals surface area contributed by atoms with E-state index in [-0.39, 0.29) is 12.5 Å². The monoisotopic (exact) mass is 224 g/mol. The summed E-state index contributed by atoms with van der Waals surface area (Å²) < 4.78 is 17.4. The lowest BCUT2D eigenvalue weighted by Gasteiger charge is -2.12. The molecule has 4 heteroatoms. The molecule has 0 aromatic heterocycles. The molecule has 0 radical (unpaired) electrons. The van der Waals surface area contributed by atoms with Crippen LogP contribution in [0.25, 0.3) is 0 Å². The smallest absolute Gasteiger partial charge is 0.174 e. The minimum atomic E-state index is -0.484. The summed E-state index contributed by atoms with van der Waals surface area (Å²) in [5, 5.41) is 8.55. The molecule has 0 saturated carbocycles. The van der Waals surface area contributed by atoms with Gasteiger partial charge in [0, 0.05) is 24.6 Å². The molecule has 0 saturated heterocycles. The summed E-state index contributed by atoms with van der Waals surface area (Å²) in [6.45, 7) is 5.04. The van der Waals surface area contributed by atoms with Crippen LogP contribution < -0.4 is 0 Å². The van der Waals surface area contributed by atoms with Crippen LogP contribution in [-0.2, 0) is 4.74 Å². The summed E-state index contributed by atoms with van der Waals surface area (Å²) in [5.41, 5.74) is 0.385. The van der Waals surface area contributed by atoms with Crippen LogP contribution in [-0.4, -0.2) is 19.2 Å². The summed E-state index contributed by atoms with van der Waals surface area (Å²) >= 11 is 0. The lowest BCUT2D eigenvalue weighted by molar-refractivity contribution is 0.177. The van der Waals surface area contributed by atoms with Crippen LogP contribution >= 0.6 is 0 Å². The van der Waals surface area contributed by atoms with Gasteiger partial charge in [-0.2, -0.15) is 5.26 Å². The maximum atomic E-state index is 12.2. The zero-order valence-electron chi connectivity index (χ0n) is 9.53. The summed E-state index contributed by atoms with van der Waals surface area (Å²) in [7, 11) is 0. The fourth-order valence-electron chi connectivity index (χ4n) is 0.983. The average Bonchev–Trinajstić information content (AvgIpc) is 2.28. The number of ether oxygens (including phenoxy) is 1. The van der Waals surface area contributed by atoms with Crippen LogP contribution in [0.15, 0.2) is 29.4 Å². The van der Waals surface area contributed by atoms with Gasteiger partial charge in [-0.3, -0.25) is 4.39 Å². The van der Waals surface area contributed by atoms with Crippen molar-refractivity contribution in [3.63, 3.8) is 0 Å². The molecule has 16 heavy (non-hydrogen) atoms. The van der Waals surface area contributed by atoms with Crippen LogP contribution in [0.1, 0.15) is 26.2 Å². The molecule has 0 aliphatic carbocycles. The van der Waals surface area contributed by atoms with Crippen LogP contribution in [0.4, 0.5) is 4.39 Å². The molecular weight excluding hydrogens is 207 g/mol. The molecule has 0 aliphatic heterocycles. The minimum absolute atomic E-state index is 0.240. The fourth-order valence-corrected chi connectivity index (χ4v) is 0.983. The van der Waals surface area contributed by atoms with Crippen molar-refractivity contribution in [1.29, 1.82) is 5.26 Å². The molecule has 0 aliphatic rings. The van der Waals surface area contributed by atoms with Crippen molar-refractivity contribution >= 4 is 6.40 Å². The van der Waals surface area contributed by atoms with Crippen LogP contribution in [0.3, 0.4) is 0 Å². The molecule has 0 amide bonds. The van der Waals surface area contributed by atoms with E-state index in [2.05, 4.69) is 11.6 Å². The largest absolute Gasteiger partial charge is 0.479 e. The molecule has 0 bridgehead atoms. The first-order valence-corrected chi connectivity index (χ1v) is 5.20. The first kappa shape index (κ1) is 14.4. The third-order valence-corrected chi connectivity index (χ3v) is 1.80. The molecule has 0 fully saturated rings. The quantitative estimate of drug-likeness (QED) is 0.361. The second-order valence-corrected chi connectivity index (χ2v) is 3.20. The Bertz CT molecular complexity index is 292. The predicted molar refractivity (Wildman–Crippen MR) is 62.8 cm³/mol. The van der Waals surface area contributed by atoms with E-state index in [0.29, 0.717) is 12.0 Å². The number of nitriles is 1. The lowest BCUT2D eigenvalue weighted by atomic mass is 10.1. The third-order valence-electron chi connectivity index (χ3n) is 1.80. The Morgan fingerprint density at radius 1 is 1.69 bits per heavy atom. The molecule has 0 N–H and O–H groups in total. The van der Waals surface area contributed by atoms with Gasteiger partial charge in [-0.1, -0.05) is 19.6 Å². The normalized spacial score (nSPS) is 12.8. The average molecular weight is 224 g/mol. The molecule has 1 unspecified atom stereocenters. The second-order valence-electron chi connectivity index (χ2n) is 3.20. The van der Waals surface area contributed by atoms with E-state index in [0.717, 1.165) is 6.42 Å². The summed E-state index contributed by atoms with van der Waals surface area (Å²) in [6, 6.07) is 1.91. The zero-order valence-corrected chi connectivity index (χ0v) is 9.53. The van der Waals surface area contributed by atoms with Gasteiger partial charge in [-0.15, -0.1) is 0 Å². The Morgan fingerprint density at radius 2 is 2.44 bits per heavy atom. The highest BCUT2D eigenvalue weighted by Crippen LogP contribution is 2.09. The molecule has 1 atom stereocenters. The highest BCUT2D eigenvalue weighted by Gasteiger charge is 2.09. The van der Waals surface area contributed by atoms with Crippen LogP contribution in [0.5, 0.6) is 0 Å². The topological polar surface area (TPSA) is 45.4 Å². The van der Waals surface area contributed by atoms with E-state index < -0.39 is 6.67 Å². The van der Waals surface area contributed by atoms with Gasteiger partial charge in [0.15, 0.2) is 6.40 Å². The predicted octanol–water partition coefficient (Wildman–Crippen LogP) is 3.15. The van der Waals surface area contributed by atoms with Gasteiger partial charge in [0.2, 0.25) is 0 Å². The van der Waals surface area contributed by atoms with Crippen molar-refractivity contribution in [1.82, 2.24) is 0 Å². The minimum Gasteiger partial charge on any atom is -0.479 e. The van der Waals surface area contributed by atoms with Crippen LogP contribution in [0.2, 0.25) is 0 Å². The van der Waals surface area contributed by atoms with E-state index in [4.69, 9.17) is 10.00 Å². The number of halogens is 1. The molecule has 0 spiro atoms. The number of nitrogens with zero attached hydrogens (tertiary/aromatic N) is 2. The highest BCUT2D eigenvalue weighted by molar-refractivity contribution is 5.47. The van der Waals surface area contributed by atoms with Crippen molar-refractivity contribution in [2.45, 2.75) is 32.3 Å². The second kappa shape index (κ2) is 9.91. The Hall–Kier alpha value is -1.63. The van der Waals surface area contributed by atoms with E-state index in [9.17, 15) is 4.39 Å². The molecule has 88 valence electrons. The first-order chi connectivity index (χ1) is 7.74. The van der Waals surface area contributed by atoms with Crippen molar-refractivity contribution in [2.24, 2.45) is 4.99 Å². The fraction of sp³-hybridized carbons (Fsp3) is 0.500. The molecule has 0 heterocycles. The van der Waals surface area contributed by atoms with E-state index in [1.54, 1.807) is 6.20 Å². The van der Waals surface area contributed by atoms with E-state index in [1.165, 1.54) is 6.40 Å². The zero-order chi connectivity index (χ0) is 12.2. The molecule has 0 aromatic carbocycles. The Kier molecular flexibility index (Phi) is 8.90. The summed E-state index contributed by atoms with van der Waals surface area (Å²) in [4.78, 5) is 3.85. The molecular formula is C12H17FN2O. The van der Waals surface area contributed by atoms with E-state index >= 15 is 0 Å². The van der Waals surface area contributed by atoms with E-state index in [1.807, 2.05) is 19.1 Å². The molecule has 3 nitrogen and oxygen atoms in total. The first-order valence-electron chi connectivity index (χ1n) is 5.20. The van der Waals surface area contributed by atoms with Gasteiger partial charge in [-0.05, 0) is 6.42 Å². The lowest BCUT2D eigenvalue weighted by Crippen LogP contribution is -2.13. The number of rotatable bonds is 8. The Labute approximate surface area is 95.9 Å². The number of allylic oxidation sites excluding steroid dienone is 1.